The molecule has 0 spiro atoms. The van der Waals surface area contributed by atoms with E-state index in [9.17, 15) is 43.5 Å². The monoisotopic (exact) mass is 994 g/mol. The number of nitrogens with one attached hydrogen (secondary N) is 5. The van der Waals surface area contributed by atoms with Gasteiger partial charge < -0.3 is 70.2 Å². The van der Waals surface area contributed by atoms with Gasteiger partial charge in [0, 0.05) is 36.4 Å². The fourth-order valence-electron chi connectivity index (χ4n) is 6.19. The van der Waals surface area contributed by atoms with Crippen molar-refractivity contribution in [2.75, 3.05) is 56.1 Å². The number of nitrogens with two attached hydrogens (primary N) is 5. The number of aliphatic imine (C=N–C) groups is 2. The summed E-state index contributed by atoms with van der Waals surface area (Å²) in [5.41, 5.74) is 28.0. The van der Waals surface area contributed by atoms with Crippen molar-refractivity contribution in [1.82, 2.24) is 36.4 Å². The summed E-state index contributed by atoms with van der Waals surface area (Å²) in [5.74, 6) is -5.92. The molecule has 16 N–H and O–H groups in total. The maximum Gasteiger partial charge on any atom is 0.327 e. The molecule has 23 nitrogen and oxygen atoms in total. The highest BCUT2D eigenvalue weighted by molar-refractivity contribution is 7.99. The van der Waals surface area contributed by atoms with Gasteiger partial charge in [-0.15, -0.1) is 11.8 Å². The summed E-state index contributed by atoms with van der Waals surface area (Å²) < 4.78 is -0.887. The van der Waals surface area contributed by atoms with Crippen molar-refractivity contribution < 1.29 is 43.5 Å². The Kier molecular flexibility index (Phi) is 26.5. The molecule has 0 radical (unpaired) electrons. The van der Waals surface area contributed by atoms with Crippen LogP contribution in [0.2, 0.25) is 0 Å². The predicted octanol–water partition coefficient (Wildman–Crippen LogP) is -3.27. The normalized spacial score (nSPS) is 16.4. The van der Waals surface area contributed by atoms with Gasteiger partial charge >= 0.3 is 5.97 Å². The summed E-state index contributed by atoms with van der Waals surface area (Å²) in [6.07, 6.45) is 2.65. The predicted molar refractivity (Wildman–Crippen MR) is 260 cm³/mol. The first kappa shape index (κ1) is 58.7. The second-order valence-electron chi connectivity index (χ2n) is 16.3. The average Bonchev–Trinajstić information content (AvgIpc) is 3.72. The topological polar surface area (TPSA) is 378 Å². The third kappa shape index (κ3) is 21.7. The minimum Gasteiger partial charge on any atom is -0.480 e. The number of hydrogen-bond acceptors (Lipinski definition) is 15. The molecule has 1 heterocycles. The summed E-state index contributed by atoms with van der Waals surface area (Å²) >= 11 is 11.1. The molecule has 0 aromatic carbocycles. The van der Waals surface area contributed by atoms with Gasteiger partial charge in [0.15, 0.2) is 11.9 Å². The number of rotatable bonds is 29. The zero-order chi connectivity index (χ0) is 49.6. The fraction of sp³-hybridized carbons (Fsp3) is 0.737. The van der Waals surface area contributed by atoms with E-state index in [1.54, 1.807) is 13.8 Å². The SMILES string of the molecule is CSCC[C@H](NC(=O)[C@H](N)C(C)(C)S)C(=O)N1CSCC1C(=O)N[C@@H](CCCN=C(N)N)C(=O)N[C@@H](CC(C)C)C(=O)N[C@@H](CCCN=C(N)N)C(=O)N(C)CC(=O)N[C@@H](CS)C(=O)O. The van der Waals surface area contributed by atoms with Gasteiger partial charge in [-0.1, -0.05) is 13.8 Å². The lowest BCUT2D eigenvalue weighted by molar-refractivity contribution is -0.142. The zero-order valence-electron chi connectivity index (χ0n) is 37.9. The van der Waals surface area contributed by atoms with Gasteiger partial charge in [0.2, 0.25) is 41.4 Å². The molecule has 1 fully saturated rings. The molecular weight excluding hydrogens is 925 g/mol. The Hall–Kier alpha value is -4.34. The van der Waals surface area contributed by atoms with Gasteiger partial charge in [-0.2, -0.15) is 37.0 Å². The third-order valence-electron chi connectivity index (χ3n) is 9.79. The number of guanidine groups is 2. The lowest BCUT2D eigenvalue weighted by Gasteiger charge is -2.31. The summed E-state index contributed by atoms with van der Waals surface area (Å²) in [4.78, 5) is 117. The van der Waals surface area contributed by atoms with Crippen LogP contribution < -0.4 is 55.3 Å². The third-order valence-corrected chi connectivity index (χ3v) is 12.1. The van der Waals surface area contributed by atoms with Gasteiger partial charge in [-0.05, 0) is 70.3 Å². The molecule has 1 saturated heterocycles. The molecule has 7 atom stereocenters. The van der Waals surface area contributed by atoms with Gasteiger partial charge in [-0.3, -0.25) is 43.5 Å². The second kappa shape index (κ2) is 29.3. The summed E-state index contributed by atoms with van der Waals surface area (Å²) in [6, 6.07) is -8.11. The molecule has 0 aromatic rings. The quantitative estimate of drug-likeness (QED) is 0.0151. The molecule has 0 saturated carbocycles. The first-order valence-electron chi connectivity index (χ1n) is 20.9. The second-order valence-corrected chi connectivity index (χ2v) is 19.8. The van der Waals surface area contributed by atoms with Gasteiger partial charge in [-0.25, -0.2) is 4.79 Å². The smallest absolute Gasteiger partial charge is 0.327 e. The van der Waals surface area contributed by atoms with Crippen LogP contribution in [0.3, 0.4) is 0 Å². The number of thiol groups is 2. The number of nitrogens with zero attached hydrogens (tertiary/aromatic N) is 4. The number of carbonyl (C=O) groups is 8. The van der Waals surface area contributed by atoms with Crippen LogP contribution in [0.4, 0.5) is 0 Å². The van der Waals surface area contributed by atoms with E-state index in [0.717, 1.165) is 4.90 Å². The van der Waals surface area contributed by atoms with Crippen LogP contribution in [0.5, 0.6) is 0 Å². The fourth-order valence-corrected chi connectivity index (χ4v) is 8.19. The van der Waals surface area contributed by atoms with Gasteiger partial charge in [0.1, 0.15) is 36.3 Å². The Bertz CT molecular complexity index is 1700. The Balaban J connectivity index is 3.43. The lowest BCUT2D eigenvalue weighted by Crippen LogP contribution is -2.60. The Morgan fingerprint density at radius 3 is 1.88 bits per heavy atom. The van der Waals surface area contributed by atoms with Crippen molar-refractivity contribution in [3.05, 3.63) is 0 Å². The van der Waals surface area contributed by atoms with Crippen LogP contribution in [0.25, 0.3) is 0 Å². The molecular formula is C38H70N14O9S4. The van der Waals surface area contributed by atoms with E-state index in [0.29, 0.717) is 5.75 Å². The summed E-state index contributed by atoms with van der Waals surface area (Å²) in [5, 5.41) is 22.5. The van der Waals surface area contributed by atoms with Crippen molar-refractivity contribution in [3.63, 3.8) is 0 Å². The zero-order valence-corrected chi connectivity index (χ0v) is 41.3. The van der Waals surface area contributed by atoms with E-state index >= 15 is 0 Å². The minimum atomic E-state index is -1.32. The maximum atomic E-state index is 14.2. The molecule has 0 aliphatic carbocycles. The molecule has 1 rings (SSSR count). The van der Waals surface area contributed by atoms with Crippen LogP contribution in [0.15, 0.2) is 9.98 Å². The van der Waals surface area contributed by atoms with Crippen molar-refractivity contribution in [2.45, 2.75) is 113 Å². The lowest BCUT2D eigenvalue weighted by atomic mass is 10.0. The highest BCUT2D eigenvalue weighted by Gasteiger charge is 2.41. The molecule has 7 amide bonds. The maximum absolute atomic E-state index is 14.2. The van der Waals surface area contributed by atoms with Gasteiger partial charge in [0.05, 0.1) is 18.5 Å². The highest BCUT2D eigenvalue weighted by atomic mass is 32.2. The number of likely N-dealkylation sites (N-methyl/N-ethyl adjacent to an activating group) is 1. The molecule has 27 heteroatoms. The number of thioether (sulfide) groups is 2. The number of hydrogen-bond donors (Lipinski definition) is 13. The van der Waals surface area contributed by atoms with Gasteiger partial charge in [0.25, 0.3) is 0 Å². The van der Waals surface area contributed by atoms with Crippen molar-refractivity contribution >= 4 is 108 Å². The first-order chi connectivity index (χ1) is 30.3. The molecule has 0 bridgehead atoms. The minimum absolute atomic E-state index is 0.00391. The summed E-state index contributed by atoms with van der Waals surface area (Å²) in [6.45, 7) is 6.61. The molecule has 65 heavy (non-hydrogen) atoms. The summed E-state index contributed by atoms with van der Waals surface area (Å²) in [7, 11) is 1.30. The van der Waals surface area contributed by atoms with Crippen molar-refractivity contribution in [1.29, 1.82) is 0 Å². The average molecular weight is 995 g/mol. The van der Waals surface area contributed by atoms with E-state index in [1.807, 2.05) is 20.1 Å². The van der Waals surface area contributed by atoms with E-state index < -0.39 is 101 Å². The number of carbonyl (C=O) groups excluding carboxylic acids is 7. The van der Waals surface area contributed by atoms with Crippen LogP contribution in [0, 0.1) is 5.92 Å². The molecule has 1 aliphatic heterocycles. The molecule has 1 aliphatic rings. The van der Waals surface area contributed by atoms with E-state index in [1.165, 1.54) is 35.5 Å². The van der Waals surface area contributed by atoms with E-state index in [-0.39, 0.29) is 86.8 Å². The Morgan fingerprint density at radius 2 is 1.37 bits per heavy atom. The first-order valence-corrected chi connectivity index (χ1v) is 24.5. The molecule has 1 unspecified atom stereocenters. The Labute approximate surface area is 400 Å². The molecule has 370 valence electrons. The largest absolute Gasteiger partial charge is 0.480 e. The number of carboxylic acids is 1. The van der Waals surface area contributed by atoms with Crippen LogP contribution in [-0.4, -0.2) is 177 Å². The number of aliphatic carboxylic acids is 1. The number of amides is 7. The van der Waals surface area contributed by atoms with Crippen molar-refractivity contribution in [2.24, 2.45) is 44.6 Å². The highest BCUT2D eigenvalue weighted by Crippen LogP contribution is 2.24. The van der Waals surface area contributed by atoms with E-state index in [2.05, 4.69) is 61.8 Å². The Morgan fingerprint density at radius 1 is 0.831 bits per heavy atom. The van der Waals surface area contributed by atoms with E-state index in [4.69, 9.17) is 28.7 Å². The molecule has 0 aromatic heterocycles. The van der Waals surface area contributed by atoms with Crippen LogP contribution in [0.1, 0.15) is 66.2 Å². The van der Waals surface area contributed by atoms with Crippen LogP contribution in [-0.2, 0) is 38.4 Å². The standard InChI is InChI=1S/C38H70N14O9S4/c1-20(2)15-24(30(55)48-22(10-8-13-45-37(42)43)33(58)51(5)16-27(53)46-25(17-62)35(60)61)50-29(54)21(9-7-12-44-36(40)41)47-31(56)26-18-65-19-52(26)34(59)23(11-14-64-6)49-32(57)28(39)38(3,4)63/h20-26,28,62-63H,7-19,39H2,1-6H3,(H,46,53)(H,47,56)(H,48,55)(H,49,57)(H,50,54)(H,60,61)(H4,40,41,44)(H4,42,43,45)/t21-,22-,23-,24-,25-,26?,28-/m0/s1. The van der Waals surface area contributed by atoms with Crippen molar-refractivity contribution in [3.8, 4) is 0 Å². The van der Waals surface area contributed by atoms with Crippen LogP contribution >= 0.6 is 48.8 Å². The number of carboxylic acid groups (broad SMARTS) is 1.